The summed E-state index contributed by atoms with van der Waals surface area (Å²) in [6, 6.07) is 14.9. The second kappa shape index (κ2) is 11.5. The summed E-state index contributed by atoms with van der Waals surface area (Å²) in [6.07, 6.45) is 0.824. The Bertz CT molecular complexity index is 1770. The highest BCUT2D eigenvalue weighted by molar-refractivity contribution is 7.92. The van der Waals surface area contributed by atoms with Gasteiger partial charge in [0.1, 0.15) is 23.8 Å². The van der Waals surface area contributed by atoms with Gasteiger partial charge in [-0.15, -0.1) is 0 Å². The fourth-order valence-electron chi connectivity index (χ4n) is 5.20. The molecule has 12 heteroatoms. The Kier molecular flexibility index (Phi) is 8.02. The molecule has 0 spiro atoms. The van der Waals surface area contributed by atoms with Gasteiger partial charge >= 0.3 is 0 Å². The topological polar surface area (TPSA) is 120 Å². The average molecular weight is 598 g/mol. The Labute approximate surface area is 241 Å². The molecular formula is C30H29F2N3O6S. The van der Waals surface area contributed by atoms with E-state index >= 15 is 0 Å². The van der Waals surface area contributed by atoms with Gasteiger partial charge in [-0.25, -0.2) is 17.2 Å². The largest absolute Gasteiger partial charge is 0.455 e. The van der Waals surface area contributed by atoms with Crippen LogP contribution in [0.3, 0.4) is 0 Å². The van der Waals surface area contributed by atoms with Crippen LogP contribution < -0.4 is 9.62 Å². The molecule has 1 fully saturated rings. The van der Waals surface area contributed by atoms with Gasteiger partial charge < -0.3 is 19.7 Å². The van der Waals surface area contributed by atoms with Crippen LogP contribution in [0, 0.1) is 5.82 Å². The highest BCUT2D eigenvalue weighted by Crippen LogP contribution is 2.42. The van der Waals surface area contributed by atoms with Gasteiger partial charge in [0.05, 0.1) is 30.2 Å². The van der Waals surface area contributed by atoms with Crippen LogP contribution in [0.25, 0.3) is 33.4 Å². The fourth-order valence-corrected chi connectivity index (χ4v) is 6.10. The highest BCUT2D eigenvalue weighted by atomic mass is 32.2. The lowest BCUT2D eigenvalue weighted by atomic mass is 9.97. The van der Waals surface area contributed by atoms with E-state index < -0.39 is 41.1 Å². The molecule has 4 aromatic rings. The van der Waals surface area contributed by atoms with E-state index in [9.17, 15) is 31.9 Å². The minimum absolute atomic E-state index is 0.0895. The summed E-state index contributed by atoms with van der Waals surface area (Å²) in [5, 5.41) is 12.8. The van der Waals surface area contributed by atoms with Gasteiger partial charge in [-0.1, -0.05) is 12.1 Å². The second-order valence-corrected chi connectivity index (χ2v) is 12.0. The molecular weight excluding hydrogens is 568 g/mol. The molecule has 1 atom stereocenters. The number of fused-ring (bicyclic) bond motifs is 1. The predicted molar refractivity (Wildman–Crippen MR) is 155 cm³/mol. The molecule has 1 aromatic heterocycles. The molecule has 1 aliphatic rings. The van der Waals surface area contributed by atoms with Crippen molar-refractivity contribution in [3.05, 3.63) is 77.6 Å². The number of furan rings is 1. The third-order valence-electron chi connectivity index (χ3n) is 7.19. The normalized spacial score (nSPS) is 15.3. The van der Waals surface area contributed by atoms with Crippen LogP contribution in [-0.2, 0) is 10.0 Å². The summed E-state index contributed by atoms with van der Waals surface area (Å²) in [4.78, 5) is 27.9. The second-order valence-electron chi connectivity index (χ2n) is 10.1. The number of halogens is 2. The van der Waals surface area contributed by atoms with Gasteiger partial charge in [0.2, 0.25) is 10.0 Å². The highest BCUT2D eigenvalue weighted by Gasteiger charge is 2.29. The van der Waals surface area contributed by atoms with Crippen molar-refractivity contribution in [3.63, 3.8) is 0 Å². The van der Waals surface area contributed by atoms with E-state index in [-0.39, 0.29) is 35.0 Å². The SMILES string of the molecule is CNC(=O)c1c(-c2ccc(F)cc2)oc2cc(N(CCF)S(C)(=O)=O)c(-c3cccc(C(=O)N4CC[C@H](O)C4)c3)cc12. The average Bonchev–Trinajstić information content (AvgIpc) is 3.57. The van der Waals surface area contributed by atoms with E-state index in [4.69, 9.17) is 4.42 Å². The molecule has 3 aromatic carbocycles. The Morgan fingerprint density at radius 3 is 2.48 bits per heavy atom. The van der Waals surface area contributed by atoms with Gasteiger partial charge in [-0.3, -0.25) is 13.9 Å². The third kappa shape index (κ3) is 5.59. The van der Waals surface area contributed by atoms with Crippen molar-refractivity contribution >= 4 is 38.5 Å². The zero-order valence-corrected chi connectivity index (χ0v) is 23.7. The molecule has 42 heavy (non-hydrogen) atoms. The maximum absolute atomic E-state index is 13.7. The lowest BCUT2D eigenvalue weighted by Crippen LogP contribution is -2.32. The zero-order chi connectivity index (χ0) is 30.2. The first-order valence-corrected chi connectivity index (χ1v) is 15.1. The standard InChI is InChI=1S/C30H29F2N3O6S/c1-33-29(37)27-24-15-23(19-4-3-5-20(14-19)30(38)34-12-10-22(36)17-34)25(35(13-11-31)42(2,39)40)16-26(24)41-28(27)18-6-8-21(32)9-7-18/h3-9,14-16,22,36H,10-13,17H2,1-2H3,(H,33,37)/t22-/m0/s1. The molecule has 2 N–H and O–H groups in total. The minimum Gasteiger partial charge on any atom is -0.455 e. The first kappa shape index (κ1) is 29.2. The molecule has 2 heterocycles. The molecule has 9 nitrogen and oxygen atoms in total. The summed E-state index contributed by atoms with van der Waals surface area (Å²) < 4.78 is 60.0. The number of nitrogens with zero attached hydrogens (tertiary/aromatic N) is 2. The number of hydrogen-bond acceptors (Lipinski definition) is 6. The predicted octanol–water partition coefficient (Wildman–Crippen LogP) is 4.21. The first-order valence-electron chi connectivity index (χ1n) is 13.2. The van der Waals surface area contributed by atoms with Crippen LogP contribution in [-0.4, -0.2) is 76.0 Å². The number of rotatable bonds is 8. The number of amides is 2. The molecule has 0 bridgehead atoms. The number of carbonyl (C=O) groups excluding carboxylic acids is 2. The summed E-state index contributed by atoms with van der Waals surface area (Å²) in [5.74, 6) is -1.13. The third-order valence-corrected chi connectivity index (χ3v) is 8.37. The number of hydrogen-bond donors (Lipinski definition) is 2. The van der Waals surface area contributed by atoms with E-state index in [2.05, 4.69) is 5.32 Å². The summed E-state index contributed by atoms with van der Waals surface area (Å²) in [6.45, 7) is -0.843. The van der Waals surface area contributed by atoms with Crippen LogP contribution in [0.15, 0.2) is 65.1 Å². The minimum atomic E-state index is -3.98. The van der Waals surface area contributed by atoms with E-state index in [0.29, 0.717) is 40.6 Å². The Morgan fingerprint density at radius 2 is 1.86 bits per heavy atom. The number of benzene rings is 3. The van der Waals surface area contributed by atoms with Crippen molar-refractivity contribution in [2.24, 2.45) is 0 Å². The van der Waals surface area contributed by atoms with E-state index in [1.807, 2.05) is 0 Å². The Hall–Kier alpha value is -4.29. The van der Waals surface area contributed by atoms with Crippen molar-refractivity contribution in [3.8, 4) is 22.5 Å². The maximum atomic E-state index is 13.7. The summed E-state index contributed by atoms with van der Waals surface area (Å²) in [7, 11) is -2.53. The molecule has 5 rings (SSSR count). The van der Waals surface area contributed by atoms with Gasteiger partial charge in [-0.2, -0.15) is 0 Å². The van der Waals surface area contributed by atoms with Crippen molar-refractivity contribution in [1.29, 1.82) is 0 Å². The monoisotopic (exact) mass is 597 g/mol. The Morgan fingerprint density at radius 1 is 1.12 bits per heavy atom. The quantitative estimate of drug-likeness (QED) is 0.314. The van der Waals surface area contributed by atoms with Gasteiger partial charge in [0, 0.05) is 48.3 Å². The maximum Gasteiger partial charge on any atom is 0.255 e. The number of carbonyl (C=O) groups is 2. The smallest absolute Gasteiger partial charge is 0.255 e. The van der Waals surface area contributed by atoms with Gasteiger partial charge in [0.25, 0.3) is 11.8 Å². The van der Waals surface area contributed by atoms with E-state index in [1.54, 1.807) is 30.3 Å². The van der Waals surface area contributed by atoms with Gasteiger partial charge in [0.15, 0.2) is 0 Å². The van der Waals surface area contributed by atoms with Crippen LogP contribution in [0.2, 0.25) is 0 Å². The first-order chi connectivity index (χ1) is 20.0. The van der Waals surface area contributed by atoms with Gasteiger partial charge in [-0.05, 0) is 54.4 Å². The number of anilines is 1. The number of aliphatic hydroxyl groups excluding tert-OH is 1. The lowest BCUT2D eigenvalue weighted by molar-refractivity contribution is 0.0764. The number of aliphatic hydroxyl groups is 1. The van der Waals surface area contributed by atoms with Crippen molar-refractivity contribution in [1.82, 2.24) is 10.2 Å². The van der Waals surface area contributed by atoms with E-state index in [1.165, 1.54) is 42.3 Å². The van der Waals surface area contributed by atoms with E-state index in [0.717, 1.165) is 10.6 Å². The molecule has 1 saturated heterocycles. The van der Waals surface area contributed by atoms with Crippen LogP contribution in [0.4, 0.5) is 14.5 Å². The van der Waals surface area contributed by atoms with Crippen molar-refractivity contribution in [2.45, 2.75) is 12.5 Å². The number of β-amino-alcohol motifs (C(OH)–C–C–N with tert-alkyl or cyclic N) is 1. The molecule has 0 aliphatic carbocycles. The molecule has 220 valence electrons. The van der Waals surface area contributed by atoms with Crippen LogP contribution >= 0.6 is 0 Å². The lowest BCUT2D eigenvalue weighted by Gasteiger charge is -2.24. The molecule has 0 unspecified atom stereocenters. The Balaban J connectivity index is 1.76. The number of alkyl halides is 1. The summed E-state index contributed by atoms with van der Waals surface area (Å²) in [5.41, 5.74) is 1.87. The van der Waals surface area contributed by atoms with Crippen molar-refractivity contribution in [2.75, 3.05) is 43.9 Å². The summed E-state index contributed by atoms with van der Waals surface area (Å²) >= 11 is 0. The molecule has 1 aliphatic heterocycles. The number of nitrogens with one attached hydrogen (secondary N) is 1. The molecule has 2 amide bonds. The number of likely N-dealkylation sites (tertiary alicyclic amines) is 1. The van der Waals surface area contributed by atoms with Crippen molar-refractivity contribution < 1.29 is 36.3 Å². The fraction of sp³-hybridized carbons (Fsp3) is 0.267. The zero-order valence-electron chi connectivity index (χ0n) is 22.9. The number of sulfonamides is 1. The molecule has 0 saturated carbocycles. The van der Waals surface area contributed by atoms with Crippen LogP contribution in [0.1, 0.15) is 27.1 Å². The van der Waals surface area contributed by atoms with Crippen LogP contribution in [0.5, 0.6) is 0 Å². The molecule has 0 radical (unpaired) electrons.